The van der Waals surface area contributed by atoms with Gasteiger partial charge in [-0.25, -0.2) is 4.98 Å². The van der Waals surface area contributed by atoms with Crippen molar-refractivity contribution < 1.29 is 19.1 Å². The predicted octanol–water partition coefficient (Wildman–Crippen LogP) is 1.85. The number of nitrogens with one attached hydrogen (secondary N) is 4. The largest absolute Gasteiger partial charge is 0.497 e. The summed E-state index contributed by atoms with van der Waals surface area (Å²) < 4.78 is 5.01. The Bertz CT molecular complexity index is 882. The molecule has 4 N–H and O–H groups in total. The molecule has 0 atom stereocenters. The number of hydrazine groups is 1. The molecule has 1 aromatic carbocycles. The summed E-state index contributed by atoms with van der Waals surface area (Å²) in [6.45, 7) is 1.54. The van der Waals surface area contributed by atoms with E-state index in [0.29, 0.717) is 28.0 Å². The molecular formula is C18H18ClN5O4. The topological polar surface area (TPSA) is 121 Å². The molecule has 0 spiro atoms. The smallest absolute Gasteiger partial charge is 0.327 e. The maximum Gasteiger partial charge on any atom is 0.327 e. The zero-order chi connectivity index (χ0) is 20.5. The highest BCUT2D eigenvalue weighted by molar-refractivity contribution is 6.39. The van der Waals surface area contributed by atoms with Crippen LogP contribution in [0.4, 0.5) is 11.5 Å². The van der Waals surface area contributed by atoms with Crippen LogP contribution in [0.3, 0.4) is 0 Å². The number of amides is 3. The van der Waals surface area contributed by atoms with Crippen LogP contribution in [0.5, 0.6) is 5.75 Å². The van der Waals surface area contributed by atoms with Crippen LogP contribution in [0.1, 0.15) is 6.92 Å². The minimum Gasteiger partial charge on any atom is -0.497 e. The van der Waals surface area contributed by atoms with Gasteiger partial charge in [-0.2, -0.15) is 0 Å². The molecule has 0 fully saturated rings. The predicted molar refractivity (Wildman–Crippen MR) is 105 cm³/mol. The van der Waals surface area contributed by atoms with E-state index in [-0.39, 0.29) is 0 Å². The van der Waals surface area contributed by atoms with Gasteiger partial charge < -0.3 is 20.8 Å². The van der Waals surface area contributed by atoms with E-state index in [0.717, 1.165) is 0 Å². The molecule has 0 saturated carbocycles. The lowest BCUT2D eigenvalue weighted by atomic mass is 10.3. The first-order valence-electron chi connectivity index (χ1n) is 7.99. The van der Waals surface area contributed by atoms with Crippen molar-refractivity contribution in [3.05, 3.63) is 59.4 Å². The van der Waals surface area contributed by atoms with Crippen molar-refractivity contribution in [2.75, 3.05) is 17.7 Å². The molecule has 1 aromatic heterocycles. The van der Waals surface area contributed by atoms with Gasteiger partial charge in [-0.15, -0.1) is 0 Å². The fourth-order valence-corrected chi connectivity index (χ4v) is 2.03. The SMILES string of the molecule is COc1ccc(NC(=O)C(=O)NN/C(C)=C\C(=O)Nc2ccc(Cl)cn2)cc1. The minimum atomic E-state index is -0.927. The van der Waals surface area contributed by atoms with Crippen LogP contribution < -0.4 is 26.2 Å². The summed E-state index contributed by atoms with van der Waals surface area (Å²) >= 11 is 5.72. The third-order valence-electron chi connectivity index (χ3n) is 3.25. The number of hydrogen-bond acceptors (Lipinski definition) is 6. The Hall–Kier alpha value is -3.59. The molecule has 9 nitrogen and oxygen atoms in total. The van der Waals surface area contributed by atoms with E-state index in [1.165, 1.54) is 26.3 Å². The molecule has 10 heteroatoms. The van der Waals surface area contributed by atoms with Crippen molar-refractivity contribution in [1.29, 1.82) is 0 Å². The molecule has 146 valence electrons. The average molecular weight is 404 g/mol. The number of allylic oxidation sites excluding steroid dienone is 1. The monoisotopic (exact) mass is 403 g/mol. The van der Waals surface area contributed by atoms with Crippen LogP contribution in [0.25, 0.3) is 0 Å². The van der Waals surface area contributed by atoms with E-state index in [1.54, 1.807) is 36.4 Å². The van der Waals surface area contributed by atoms with Gasteiger partial charge in [0.15, 0.2) is 0 Å². The van der Waals surface area contributed by atoms with Gasteiger partial charge in [-0.1, -0.05) is 11.6 Å². The maximum atomic E-state index is 11.9. The zero-order valence-electron chi connectivity index (χ0n) is 15.1. The number of anilines is 2. The summed E-state index contributed by atoms with van der Waals surface area (Å²) in [5, 5.41) is 5.40. The van der Waals surface area contributed by atoms with Gasteiger partial charge in [0.05, 0.1) is 12.1 Å². The van der Waals surface area contributed by atoms with Gasteiger partial charge in [-0.05, 0) is 43.3 Å². The Balaban J connectivity index is 1.81. The Labute approximate surface area is 166 Å². The van der Waals surface area contributed by atoms with Gasteiger partial charge in [0, 0.05) is 23.7 Å². The fraction of sp³-hybridized carbons (Fsp3) is 0.111. The summed E-state index contributed by atoms with van der Waals surface area (Å²) in [5.41, 5.74) is 5.40. The van der Waals surface area contributed by atoms with Crippen molar-refractivity contribution in [3.8, 4) is 5.75 Å². The third-order valence-corrected chi connectivity index (χ3v) is 3.48. The van der Waals surface area contributed by atoms with Crippen LogP contribution in [-0.4, -0.2) is 29.8 Å². The first kappa shape index (κ1) is 20.7. The number of benzene rings is 1. The molecule has 0 aliphatic heterocycles. The molecular weight excluding hydrogens is 386 g/mol. The molecule has 0 radical (unpaired) electrons. The molecule has 0 bridgehead atoms. The number of hydrogen-bond donors (Lipinski definition) is 4. The van der Waals surface area contributed by atoms with E-state index in [9.17, 15) is 14.4 Å². The summed E-state index contributed by atoms with van der Waals surface area (Å²) in [7, 11) is 1.52. The van der Waals surface area contributed by atoms with E-state index < -0.39 is 17.7 Å². The molecule has 1 heterocycles. The van der Waals surface area contributed by atoms with Crippen molar-refractivity contribution in [2.45, 2.75) is 6.92 Å². The van der Waals surface area contributed by atoms with Gasteiger partial charge >= 0.3 is 11.8 Å². The standard InChI is InChI=1S/C18H18ClN5O4/c1-11(9-16(25)22-15-8-3-12(19)10-20-15)23-24-18(27)17(26)21-13-4-6-14(28-2)7-5-13/h3-10,23H,1-2H3,(H,21,26)(H,24,27)(H,20,22,25)/b11-9-. The lowest BCUT2D eigenvalue weighted by Gasteiger charge is -2.09. The first-order valence-corrected chi connectivity index (χ1v) is 8.37. The second-order valence-corrected chi connectivity index (χ2v) is 5.88. The number of rotatable bonds is 6. The summed E-state index contributed by atoms with van der Waals surface area (Å²) in [6.07, 6.45) is 2.59. The number of aromatic nitrogens is 1. The molecule has 0 unspecified atom stereocenters. The highest BCUT2D eigenvalue weighted by Crippen LogP contribution is 2.14. The summed E-state index contributed by atoms with van der Waals surface area (Å²) in [6, 6.07) is 9.61. The van der Waals surface area contributed by atoms with Gasteiger partial charge in [0.1, 0.15) is 11.6 Å². The second-order valence-electron chi connectivity index (χ2n) is 5.44. The van der Waals surface area contributed by atoms with E-state index in [2.05, 4.69) is 26.5 Å². The maximum absolute atomic E-state index is 11.9. The minimum absolute atomic E-state index is 0.303. The Morgan fingerprint density at radius 2 is 1.71 bits per heavy atom. The number of ether oxygens (including phenoxy) is 1. The van der Waals surface area contributed by atoms with Crippen LogP contribution in [0.15, 0.2) is 54.4 Å². The van der Waals surface area contributed by atoms with Crippen LogP contribution in [0.2, 0.25) is 5.02 Å². The van der Waals surface area contributed by atoms with E-state index >= 15 is 0 Å². The molecule has 3 amide bonds. The molecule has 0 aliphatic rings. The van der Waals surface area contributed by atoms with Gasteiger partial charge in [0.25, 0.3) is 5.91 Å². The number of methoxy groups -OCH3 is 1. The van der Waals surface area contributed by atoms with Gasteiger partial charge in [0.2, 0.25) is 0 Å². The highest BCUT2D eigenvalue weighted by atomic mass is 35.5. The summed E-state index contributed by atoms with van der Waals surface area (Å²) in [5.74, 6) is -1.33. The number of nitrogens with zero attached hydrogens (tertiary/aromatic N) is 1. The Morgan fingerprint density at radius 3 is 2.32 bits per heavy atom. The van der Waals surface area contributed by atoms with Crippen LogP contribution in [0, 0.1) is 0 Å². The normalized spacial score (nSPS) is 10.6. The van der Waals surface area contributed by atoms with Crippen molar-refractivity contribution in [1.82, 2.24) is 15.8 Å². The molecule has 2 rings (SSSR count). The van der Waals surface area contributed by atoms with E-state index in [4.69, 9.17) is 16.3 Å². The van der Waals surface area contributed by atoms with Crippen molar-refractivity contribution in [3.63, 3.8) is 0 Å². The molecule has 2 aromatic rings. The van der Waals surface area contributed by atoms with Crippen molar-refractivity contribution in [2.24, 2.45) is 0 Å². The fourth-order valence-electron chi connectivity index (χ4n) is 1.92. The quantitative estimate of drug-likeness (QED) is 0.332. The number of carbonyl (C=O) groups is 3. The molecule has 0 saturated heterocycles. The molecule has 28 heavy (non-hydrogen) atoms. The number of pyridine rings is 1. The Morgan fingerprint density at radius 1 is 1.00 bits per heavy atom. The number of carbonyl (C=O) groups excluding carboxylic acids is 3. The molecule has 0 aliphatic carbocycles. The second kappa shape index (κ2) is 9.93. The third kappa shape index (κ3) is 6.61. The lowest BCUT2D eigenvalue weighted by Crippen LogP contribution is -2.43. The highest BCUT2D eigenvalue weighted by Gasteiger charge is 2.13. The summed E-state index contributed by atoms with van der Waals surface area (Å²) in [4.78, 5) is 39.5. The van der Waals surface area contributed by atoms with Gasteiger partial charge in [-0.3, -0.25) is 19.8 Å². The van der Waals surface area contributed by atoms with Crippen molar-refractivity contribution >= 4 is 40.8 Å². The first-order chi connectivity index (χ1) is 13.4. The average Bonchev–Trinajstić information content (AvgIpc) is 2.68. The Kier molecular flexibility index (Phi) is 7.35. The lowest BCUT2D eigenvalue weighted by molar-refractivity contribution is -0.136. The van der Waals surface area contributed by atoms with Crippen LogP contribution >= 0.6 is 11.6 Å². The van der Waals surface area contributed by atoms with Crippen LogP contribution in [-0.2, 0) is 14.4 Å². The zero-order valence-corrected chi connectivity index (χ0v) is 15.8. The van der Waals surface area contributed by atoms with E-state index in [1.807, 2.05) is 0 Å². The number of halogens is 1.